The second-order valence-electron chi connectivity index (χ2n) is 4.32. The second-order valence-corrected chi connectivity index (χ2v) is 6.40. The molecule has 1 N–H and O–H groups in total. The third-order valence-corrected chi connectivity index (χ3v) is 4.83. The molecule has 1 aromatic heterocycles. The third kappa shape index (κ3) is 2.88. The van der Waals surface area contributed by atoms with Crippen molar-refractivity contribution < 1.29 is 18.3 Å². The summed E-state index contributed by atoms with van der Waals surface area (Å²) >= 11 is 0. The van der Waals surface area contributed by atoms with Gasteiger partial charge < -0.3 is 5.11 Å². The molecule has 0 bridgehead atoms. The second kappa shape index (κ2) is 5.46. The molecule has 106 valence electrons. The molecular formula is C13H14N2O4S. The van der Waals surface area contributed by atoms with Gasteiger partial charge in [-0.25, -0.2) is 13.2 Å². The van der Waals surface area contributed by atoms with Gasteiger partial charge in [-0.05, 0) is 30.7 Å². The van der Waals surface area contributed by atoms with Gasteiger partial charge in [-0.15, -0.1) is 0 Å². The van der Waals surface area contributed by atoms with Crippen molar-refractivity contribution >= 4 is 15.8 Å². The molecule has 0 saturated heterocycles. The van der Waals surface area contributed by atoms with E-state index >= 15 is 0 Å². The van der Waals surface area contributed by atoms with Gasteiger partial charge in [-0.3, -0.25) is 4.68 Å². The summed E-state index contributed by atoms with van der Waals surface area (Å²) in [6.07, 6.45) is 3.25. The predicted molar refractivity (Wildman–Crippen MR) is 72.4 cm³/mol. The van der Waals surface area contributed by atoms with E-state index in [1.807, 2.05) is 0 Å². The van der Waals surface area contributed by atoms with Crippen LogP contribution in [0.5, 0.6) is 0 Å². The van der Waals surface area contributed by atoms with Gasteiger partial charge in [0.2, 0.25) is 0 Å². The molecular weight excluding hydrogens is 280 g/mol. The van der Waals surface area contributed by atoms with E-state index in [0.717, 1.165) is 0 Å². The van der Waals surface area contributed by atoms with Crippen molar-refractivity contribution in [2.24, 2.45) is 0 Å². The molecule has 1 aromatic carbocycles. The molecule has 0 atom stereocenters. The number of nitrogens with zero attached hydrogens (tertiary/aromatic N) is 2. The SMILES string of the molecule is Cc1c(C(=O)O)cccc1S(=O)(=O)CCn1cccn1. The molecule has 2 rings (SSSR count). The van der Waals surface area contributed by atoms with Crippen molar-refractivity contribution in [3.05, 3.63) is 47.8 Å². The number of aryl methyl sites for hydroxylation is 1. The highest BCUT2D eigenvalue weighted by Crippen LogP contribution is 2.20. The lowest BCUT2D eigenvalue weighted by Crippen LogP contribution is -2.15. The molecule has 0 radical (unpaired) electrons. The summed E-state index contributed by atoms with van der Waals surface area (Å²) in [6.45, 7) is 1.73. The molecule has 20 heavy (non-hydrogen) atoms. The van der Waals surface area contributed by atoms with Crippen LogP contribution in [0.4, 0.5) is 0 Å². The highest BCUT2D eigenvalue weighted by molar-refractivity contribution is 7.91. The van der Waals surface area contributed by atoms with E-state index in [1.165, 1.54) is 29.8 Å². The van der Waals surface area contributed by atoms with Crippen molar-refractivity contribution in [2.45, 2.75) is 18.4 Å². The van der Waals surface area contributed by atoms with Crippen molar-refractivity contribution in [1.82, 2.24) is 9.78 Å². The lowest BCUT2D eigenvalue weighted by molar-refractivity contribution is 0.0696. The number of carbonyl (C=O) groups is 1. The zero-order valence-electron chi connectivity index (χ0n) is 10.9. The first kappa shape index (κ1) is 14.3. The average Bonchev–Trinajstić information content (AvgIpc) is 2.89. The van der Waals surface area contributed by atoms with E-state index in [9.17, 15) is 13.2 Å². The largest absolute Gasteiger partial charge is 0.478 e. The molecule has 0 saturated carbocycles. The molecule has 7 heteroatoms. The van der Waals surface area contributed by atoms with Crippen LogP contribution in [0.1, 0.15) is 15.9 Å². The van der Waals surface area contributed by atoms with Gasteiger partial charge in [-0.1, -0.05) is 6.07 Å². The van der Waals surface area contributed by atoms with Gasteiger partial charge >= 0.3 is 5.97 Å². The fourth-order valence-electron chi connectivity index (χ4n) is 1.94. The molecule has 0 unspecified atom stereocenters. The Morgan fingerprint density at radius 3 is 2.70 bits per heavy atom. The van der Waals surface area contributed by atoms with E-state index in [0.29, 0.717) is 0 Å². The Morgan fingerprint density at radius 1 is 1.35 bits per heavy atom. The van der Waals surface area contributed by atoms with Crippen LogP contribution in [0.2, 0.25) is 0 Å². The van der Waals surface area contributed by atoms with E-state index in [2.05, 4.69) is 5.10 Å². The summed E-state index contributed by atoms with van der Waals surface area (Å²) in [5, 5.41) is 13.0. The van der Waals surface area contributed by atoms with E-state index in [4.69, 9.17) is 5.11 Å². The number of sulfone groups is 1. The van der Waals surface area contributed by atoms with Gasteiger partial charge in [0.1, 0.15) is 0 Å². The highest BCUT2D eigenvalue weighted by Gasteiger charge is 2.20. The average molecular weight is 294 g/mol. The van der Waals surface area contributed by atoms with E-state index in [-0.39, 0.29) is 28.3 Å². The van der Waals surface area contributed by atoms with E-state index in [1.54, 1.807) is 18.5 Å². The number of aromatic carboxylic acids is 1. The minimum absolute atomic E-state index is 0.00478. The van der Waals surface area contributed by atoms with Crippen molar-refractivity contribution in [3.63, 3.8) is 0 Å². The molecule has 0 aliphatic heterocycles. The summed E-state index contributed by atoms with van der Waals surface area (Å²) in [4.78, 5) is 11.1. The molecule has 6 nitrogen and oxygen atoms in total. The van der Waals surface area contributed by atoms with Crippen molar-refractivity contribution in [1.29, 1.82) is 0 Å². The quantitative estimate of drug-likeness (QED) is 0.899. The topological polar surface area (TPSA) is 89.3 Å². The zero-order valence-corrected chi connectivity index (χ0v) is 11.7. The van der Waals surface area contributed by atoms with Crippen LogP contribution >= 0.6 is 0 Å². The minimum Gasteiger partial charge on any atom is -0.478 e. The summed E-state index contributed by atoms with van der Waals surface area (Å²) in [6, 6.07) is 5.98. The van der Waals surface area contributed by atoms with E-state index < -0.39 is 15.8 Å². The van der Waals surface area contributed by atoms with Gasteiger partial charge in [-0.2, -0.15) is 5.10 Å². The first-order valence-electron chi connectivity index (χ1n) is 5.95. The van der Waals surface area contributed by atoms with Crippen LogP contribution in [0, 0.1) is 6.92 Å². The third-order valence-electron chi connectivity index (χ3n) is 3.00. The predicted octanol–water partition coefficient (Wildman–Crippen LogP) is 1.36. The lowest BCUT2D eigenvalue weighted by atomic mass is 10.1. The van der Waals surface area contributed by atoms with Gasteiger partial charge in [0.15, 0.2) is 9.84 Å². The zero-order chi connectivity index (χ0) is 14.8. The maximum absolute atomic E-state index is 12.3. The number of hydrogen-bond donors (Lipinski definition) is 1. The Hall–Kier alpha value is -2.15. The maximum atomic E-state index is 12.3. The molecule has 0 amide bonds. The van der Waals surface area contributed by atoms with Crippen LogP contribution in [-0.2, 0) is 16.4 Å². The van der Waals surface area contributed by atoms with Crippen LogP contribution in [-0.4, -0.2) is 35.0 Å². The van der Waals surface area contributed by atoms with Crippen molar-refractivity contribution in [2.75, 3.05) is 5.75 Å². The van der Waals surface area contributed by atoms with Crippen LogP contribution < -0.4 is 0 Å². The van der Waals surface area contributed by atoms with Gasteiger partial charge in [0.05, 0.1) is 22.8 Å². The number of carboxylic acids is 1. The number of carboxylic acid groups (broad SMARTS) is 1. The number of hydrogen-bond acceptors (Lipinski definition) is 4. The number of benzene rings is 1. The molecule has 1 heterocycles. The Bertz CT molecular complexity index is 721. The maximum Gasteiger partial charge on any atom is 0.335 e. The lowest BCUT2D eigenvalue weighted by Gasteiger charge is -2.10. The van der Waals surface area contributed by atoms with Crippen LogP contribution in [0.3, 0.4) is 0 Å². The highest BCUT2D eigenvalue weighted by atomic mass is 32.2. The first-order chi connectivity index (χ1) is 9.42. The molecule has 0 aliphatic rings. The molecule has 0 fully saturated rings. The smallest absolute Gasteiger partial charge is 0.335 e. The fourth-order valence-corrected chi connectivity index (χ4v) is 3.45. The summed E-state index contributed by atoms with van der Waals surface area (Å²) < 4.78 is 26.1. The minimum atomic E-state index is -3.55. The number of aromatic nitrogens is 2. The standard InChI is InChI=1S/C13H14N2O4S/c1-10-11(13(16)17)4-2-5-12(10)20(18,19)9-8-15-7-3-6-14-15/h2-7H,8-9H2,1H3,(H,16,17). The molecule has 2 aromatic rings. The van der Waals surface area contributed by atoms with Gasteiger partial charge in [0, 0.05) is 12.4 Å². The van der Waals surface area contributed by atoms with Crippen LogP contribution in [0.15, 0.2) is 41.6 Å². The van der Waals surface area contributed by atoms with Gasteiger partial charge in [0.25, 0.3) is 0 Å². The fraction of sp³-hybridized carbons (Fsp3) is 0.231. The summed E-state index contributed by atoms with van der Waals surface area (Å²) in [5.41, 5.74) is 0.269. The number of rotatable bonds is 5. The Balaban J connectivity index is 2.30. The summed E-state index contributed by atoms with van der Waals surface area (Å²) in [7, 11) is -3.55. The first-order valence-corrected chi connectivity index (χ1v) is 7.60. The Morgan fingerprint density at radius 2 is 2.10 bits per heavy atom. The molecule has 0 spiro atoms. The normalized spacial score (nSPS) is 11.4. The molecule has 0 aliphatic carbocycles. The Labute approximate surface area is 116 Å². The Kier molecular flexibility index (Phi) is 3.89. The monoisotopic (exact) mass is 294 g/mol. The van der Waals surface area contributed by atoms with Crippen LogP contribution in [0.25, 0.3) is 0 Å². The summed E-state index contributed by atoms with van der Waals surface area (Å²) in [5.74, 6) is -1.26. The van der Waals surface area contributed by atoms with Crippen molar-refractivity contribution in [3.8, 4) is 0 Å².